The molecule has 0 aliphatic carbocycles. The molecule has 2 rings (SSSR count). The molecule has 0 saturated carbocycles. The first-order valence-electron chi connectivity index (χ1n) is 5.17. The number of amides is 1. The van der Waals surface area contributed by atoms with E-state index in [4.69, 9.17) is 5.73 Å². The first kappa shape index (κ1) is 10.2. The van der Waals surface area contributed by atoms with Crippen molar-refractivity contribution < 1.29 is 4.79 Å². The Morgan fingerprint density at radius 1 is 1.40 bits per heavy atom. The number of fused-ring (bicyclic) bond motifs is 1. The average Bonchev–Trinajstić information content (AvgIpc) is 2.54. The maximum atomic E-state index is 11.9. The van der Waals surface area contributed by atoms with E-state index in [-0.39, 0.29) is 11.4 Å². The molecule has 0 atom stereocenters. The summed E-state index contributed by atoms with van der Waals surface area (Å²) in [5, 5.41) is 0. The lowest BCUT2D eigenvalue weighted by Gasteiger charge is -2.34. The van der Waals surface area contributed by atoms with Crippen LogP contribution in [0.4, 0.5) is 5.69 Å². The van der Waals surface area contributed by atoms with E-state index in [1.54, 1.807) is 0 Å². The molecule has 0 fully saturated rings. The molecule has 1 aromatic carbocycles. The van der Waals surface area contributed by atoms with Gasteiger partial charge in [-0.05, 0) is 25.5 Å². The maximum Gasteiger partial charge on any atom is 0.232 e. The Morgan fingerprint density at radius 3 is 2.73 bits per heavy atom. The van der Waals surface area contributed by atoms with Crippen LogP contribution >= 0.6 is 0 Å². The molecule has 0 bridgehead atoms. The van der Waals surface area contributed by atoms with E-state index in [1.165, 1.54) is 0 Å². The van der Waals surface area contributed by atoms with E-state index in [2.05, 4.69) is 0 Å². The van der Waals surface area contributed by atoms with Crippen molar-refractivity contribution in [2.24, 2.45) is 5.73 Å². The molecule has 0 saturated heterocycles. The zero-order chi connectivity index (χ0) is 11.1. The van der Waals surface area contributed by atoms with E-state index < -0.39 is 0 Å². The van der Waals surface area contributed by atoms with Crippen molar-refractivity contribution in [2.75, 3.05) is 11.4 Å². The number of anilines is 1. The van der Waals surface area contributed by atoms with Crippen molar-refractivity contribution in [1.82, 2.24) is 0 Å². The van der Waals surface area contributed by atoms with E-state index >= 15 is 0 Å². The average molecular weight is 204 g/mol. The van der Waals surface area contributed by atoms with Gasteiger partial charge in [0, 0.05) is 12.2 Å². The first-order chi connectivity index (χ1) is 7.06. The van der Waals surface area contributed by atoms with Gasteiger partial charge in [-0.3, -0.25) is 4.79 Å². The second-order valence-corrected chi connectivity index (χ2v) is 4.55. The van der Waals surface area contributed by atoms with Gasteiger partial charge in [-0.2, -0.15) is 0 Å². The zero-order valence-corrected chi connectivity index (χ0v) is 9.16. The fraction of sp³-hybridized carbons (Fsp3) is 0.417. The van der Waals surface area contributed by atoms with Crippen molar-refractivity contribution in [1.29, 1.82) is 0 Å². The van der Waals surface area contributed by atoms with Gasteiger partial charge in [0.1, 0.15) is 0 Å². The third-order valence-corrected chi connectivity index (χ3v) is 2.93. The third-order valence-electron chi connectivity index (χ3n) is 2.93. The molecular formula is C12H16N2O. The van der Waals surface area contributed by atoms with Crippen LogP contribution in [0.25, 0.3) is 0 Å². The van der Waals surface area contributed by atoms with Gasteiger partial charge in [0.2, 0.25) is 5.91 Å². The van der Waals surface area contributed by atoms with Crippen LogP contribution in [0, 0.1) is 0 Å². The molecule has 80 valence electrons. The lowest BCUT2D eigenvalue weighted by Crippen LogP contribution is -2.51. The zero-order valence-electron chi connectivity index (χ0n) is 9.16. The van der Waals surface area contributed by atoms with Gasteiger partial charge in [-0.25, -0.2) is 0 Å². The Labute approximate surface area is 89.9 Å². The number of hydrogen-bond acceptors (Lipinski definition) is 2. The number of nitrogens with zero attached hydrogens (tertiary/aromatic N) is 1. The largest absolute Gasteiger partial charge is 0.328 e. The molecule has 2 N–H and O–H groups in total. The van der Waals surface area contributed by atoms with Crippen LogP contribution in [0.3, 0.4) is 0 Å². The number of carbonyl (C=O) groups excluding carboxylic acids is 1. The van der Waals surface area contributed by atoms with Crippen LogP contribution < -0.4 is 10.6 Å². The Hall–Kier alpha value is -1.35. The summed E-state index contributed by atoms with van der Waals surface area (Å²) in [5.74, 6) is 0.145. The molecule has 1 heterocycles. The number of para-hydroxylation sites is 1. The fourth-order valence-corrected chi connectivity index (χ4v) is 2.01. The minimum atomic E-state index is -0.302. The van der Waals surface area contributed by atoms with Gasteiger partial charge in [-0.1, -0.05) is 18.2 Å². The van der Waals surface area contributed by atoms with Crippen molar-refractivity contribution in [3.8, 4) is 0 Å². The Morgan fingerprint density at radius 2 is 2.07 bits per heavy atom. The second kappa shape index (κ2) is 3.35. The topological polar surface area (TPSA) is 46.3 Å². The molecule has 1 amide bonds. The summed E-state index contributed by atoms with van der Waals surface area (Å²) in [6, 6.07) is 7.90. The third kappa shape index (κ3) is 1.53. The molecule has 0 spiro atoms. The van der Waals surface area contributed by atoms with Crippen molar-refractivity contribution in [2.45, 2.75) is 25.8 Å². The molecule has 1 aliphatic heterocycles. The predicted molar refractivity (Wildman–Crippen MR) is 60.8 cm³/mol. The summed E-state index contributed by atoms with van der Waals surface area (Å²) in [7, 11) is 0. The van der Waals surface area contributed by atoms with Gasteiger partial charge in [0.15, 0.2) is 0 Å². The minimum absolute atomic E-state index is 0.145. The molecule has 3 nitrogen and oxygen atoms in total. The molecule has 15 heavy (non-hydrogen) atoms. The van der Waals surface area contributed by atoms with Crippen LogP contribution in [-0.4, -0.2) is 18.0 Å². The highest BCUT2D eigenvalue weighted by molar-refractivity contribution is 6.02. The van der Waals surface area contributed by atoms with Gasteiger partial charge in [0.25, 0.3) is 0 Å². The number of nitrogens with two attached hydrogens (primary N) is 1. The smallest absolute Gasteiger partial charge is 0.232 e. The normalized spacial score (nSPS) is 15.7. The fourth-order valence-electron chi connectivity index (χ4n) is 2.01. The van der Waals surface area contributed by atoms with E-state index in [1.807, 2.05) is 43.0 Å². The van der Waals surface area contributed by atoms with Crippen molar-refractivity contribution >= 4 is 11.6 Å². The summed E-state index contributed by atoms with van der Waals surface area (Å²) in [4.78, 5) is 13.7. The molecule has 0 unspecified atom stereocenters. The SMILES string of the molecule is CC(C)(CN)N1C(=O)Cc2ccccc21. The van der Waals surface area contributed by atoms with Crippen molar-refractivity contribution in [3.63, 3.8) is 0 Å². The summed E-state index contributed by atoms with van der Waals surface area (Å²) in [6.45, 7) is 4.45. The summed E-state index contributed by atoms with van der Waals surface area (Å²) in [5.41, 5.74) is 7.52. The summed E-state index contributed by atoms with van der Waals surface area (Å²) < 4.78 is 0. The second-order valence-electron chi connectivity index (χ2n) is 4.55. The van der Waals surface area contributed by atoms with Gasteiger partial charge in [-0.15, -0.1) is 0 Å². The standard InChI is InChI=1S/C12H16N2O/c1-12(2,8-13)14-10-6-4-3-5-9(10)7-11(14)15/h3-6H,7-8,13H2,1-2H3. The van der Waals surface area contributed by atoms with Gasteiger partial charge in [0.05, 0.1) is 12.0 Å². The van der Waals surface area contributed by atoms with Crippen LogP contribution in [0.2, 0.25) is 0 Å². The predicted octanol–water partition coefficient (Wildman–Crippen LogP) is 1.31. The molecule has 0 radical (unpaired) electrons. The molecule has 1 aromatic rings. The quantitative estimate of drug-likeness (QED) is 0.789. The Bertz CT molecular complexity index is 398. The van der Waals surface area contributed by atoms with Crippen LogP contribution in [0.5, 0.6) is 0 Å². The van der Waals surface area contributed by atoms with Crippen LogP contribution in [-0.2, 0) is 11.2 Å². The Balaban J connectivity index is 2.46. The molecule has 3 heteroatoms. The van der Waals surface area contributed by atoms with Crippen LogP contribution in [0.1, 0.15) is 19.4 Å². The lowest BCUT2D eigenvalue weighted by molar-refractivity contribution is -0.118. The molecule has 1 aliphatic rings. The Kier molecular flexibility index (Phi) is 2.27. The van der Waals surface area contributed by atoms with E-state index in [0.29, 0.717) is 13.0 Å². The van der Waals surface area contributed by atoms with Gasteiger partial charge < -0.3 is 10.6 Å². The molecule has 0 aromatic heterocycles. The van der Waals surface area contributed by atoms with E-state index in [0.717, 1.165) is 11.3 Å². The number of benzene rings is 1. The lowest BCUT2D eigenvalue weighted by atomic mass is 10.0. The minimum Gasteiger partial charge on any atom is -0.328 e. The monoisotopic (exact) mass is 204 g/mol. The van der Waals surface area contributed by atoms with Gasteiger partial charge >= 0.3 is 0 Å². The number of carbonyl (C=O) groups is 1. The highest BCUT2D eigenvalue weighted by Crippen LogP contribution is 2.33. The molecular weight excluding hydrogens is 188 g/mol. The summed E-state index contributed by atoms with van der Waals surface area (Å²) >= 11 is 0. The van der Waals surface area contributed by atoms with Crippen molar-refractivity contribution in [3.05, 3.63) is 29.8 Å². The highest BCUT2D eigenvalue weighted by Gasteiger charge is 2.36. The highest BCUT2D eigenvalue weighted by atomic mass is 16.2. The van der Waals surface area contributed by atoms with E-state index in [9.17, 15) is 4.79 Å². The van der Waals surface area contributed by atoms with Crippen LogP contribution in [0.15, 0.2) is 24.3 Å². The number of hydrogen-bond donors (Lipinski definition) is 1. The summed E-state index contributed by atoms with van der Waals surface area (Å²) in [6.07, 6.45) is 0.500. The maximum absolute atomic E-state index is 11.9. The first-order valence-corrected chi connectivity index (χ1v) is 5.17. The number of rotatable bonds is 2.